The third kappa shape index (κ3) is 5.18. The lowest BCUT2D eigenvalue weighted by Gasteiger charge is -2.35. The summed E-state index contributed by atoms with van der Waals surface area (Å²) in [4.78, 5) is 16.9. The fourth-order valence-corrected chi connectivity index (χ4v) is 3.40. The summed E-state index contributed by atoms with van der Waals surface area (Å²) in [5, 5.41) is 8.30. The molecule has 2 aromatic rings. The minimum Gasteiger partial charge on any atom is -0.322 e. The second kappa shape index (κ2) is 8.85. The average molecular weight is 410 g/mol. The fourth-order valence-electron chi connectivity index (χ4n) is 3.10. The topological polar surface area (TPSA) is 61.6 Å². The number of urea groups is 1. The van der Waals surface area contributed by atoms with E-state index in [9.17, 15) is 18.0 Å². The van der Waals surface area contributed by atoms with Crippen LogP contribution in [0.4, 0.5) is 23.7 Å². The van der Waals surface area contributed by atoms with Crippen molar-refractivity contribution < 1.29 is 18.0 Å². The van der Waals surface area contributed by atoms with E-state index in [0.29, 0.717) is 31.9 Å². The van der Waals surface area contributed by atoms with Gasteiger partial charge in [-0.05, 0) is 47.8 Å². The van der Waals surface area contributed by atoms with E-state index in [4.69, 9.17) is 5.14 Å². The van der Waals surface area contributed by atoms with Crippen molar-refractivity contribution in [2.45, 2.75) is 17.6 Å². The third-order valence-electron chi connectivity index (χ3n) is 4.62. The predicted octanol–water partition coefficient (Wildman–Crippen LogP) is 4.02. The number of halogens is 3. The van der Waals surface area contributed by atoms with Gasteiger partial charge in [-0.2, -0.15) is 13.2 Å². The van der Waals surface area contributed by atoms with Crippen LogP contribution in [0.5, 0.6) is 0 Å². The van der Waals surface area contributed by atoms with Crippen molar-refractivity contribution in [3.63, 3.8) is 0 Å². The number of carbonyl (C=O) groups is 1. The molecule has 0 bridgehead atoms. The van der Waals surface area contributed by atoms with E-state index in [1.807, 2.05) is 17.0 Å². The van der Waals surface area contributed by atoms with Crippen LogP contribution in [0.15, 0.2) is 53.4 Å². The quantitative estimate of drug-likeness (QED) is 0.748. The van der Waals surface area contributed by atoms with Crippen LogP contribution < -0.4 is 10.5 Å². The summed E-state index contributed by atoms with van der Waals surface area (Å²) in [6.45, 7) is 2.15. The summed E-state index contributed by atoms with van der Waals surface area (Å²) in [6, 6.07) is 12.6. The highest BCUT2D eigenvalue weighted by Gasteiger charge is 2.33. The Balaban J connectivity index is 1.54. The summed E-state index contributed by atoms with van der Waals surface area (Å²) in [5.41, 5.74) is 0.323. The Bertz CT molecular complexity index is 806. The molecular formula is C19H21F3N4OS. The van der Waals surface area contributed by atoms with Crippen molar-refractivity contribution in [1.82, 2.24) is 9.80 Å². The van der Waals surface area contributed by atoms with Crippen molar-refractivity contribution in [3.05, 3.63) is 59.7 Å². The van der Waals surface area contributed by atoms with Gasteiger partial charge < -0.3 is 10.2 Å². The molecule has 0 atom stereocenters. The van der Waals surface area contributed by atoms with Crippen LogP contribution in [-0.2, 0) is 12.7 Å². The van der Waals surface area contributed by atoms with E-state index in [0.717, 1.165) is 22.9 Å². The summed E-state index contributed by atoms with van der Waals surface area (Å²) in [5.74, 6) is 0. The summed E-state index contributed by atoms with van der Waals surface area (Å²) in [7, 11) is 0. The van der Waals surface area contributed by atoms with Gasteiger partial charge in [-0.25, -0.2) is 4.79 Å². The number of nitrogens with one attached hydrogen (secondary N) is 1. The predicted molar refractivity (Wildman–Crippen MR) is 104 cm³/mol. The molecule has 1 aliphatic heterocycles. The van der Waals surface area contributed by atoms with E-state index >= 15 is 0 Å². The maximum absolute atomic E-state index is 13.1. The number of alkyl halides is 3. The molecule has 1 fully saturated rings. The second-order valence-corrected chi connectivity index (χ2v) is 7.20. The zero-order chi connectivity index (χ0) is 20.1. The zero-order valence-electron chi connectivity index (χ0n) is 15.1. The maximum Gasteiger partial charge on any atom is 0.416 e. The van der Waals surface area contributed by atoms with Gasteiger partial charge in [-0.3, -0.25) is 10.0 Å². The molecule has 3 rings (SSSR count). The van der Waals surface area contributed by atoms with E-state index in [1.54, 1.807) is 23.1 Å². The number of nitrogens with zero attached hydrogens (tertiary/aromatic N) is 2. The Morgan fingerprint density at radius 2 is 1.68 bits per heavy atom. The molecule has 28 heavy (non-hydrogen) atoms. The number of hydrogen-bond donors (Lipinski definition) is 2. The maximum atomic E-state index is 13.1. The third-order valence-corrected chi connectivity index (χ3v) is 5.16. The fraction of sp³-hybridized carbons (Fsp3) is 0.316. The van der Waals surface area contributed by atoms with Crippen LogP contribution in [0.1, 0.15) is 11.1 Å². The first kappa shape index (κ1) is 20.5. The monoisotopic (exact) mass is 410 g/mol. The van der Waals surface area contributed by atoms with Gasteiger partial charge in [0.1, 0.15) is 0 Å². The van der Waals surface area contributed by atoms with Crippen LogP contribution >= 0.6 is 11.9 Å². The number of nitrogens with two attached hydrogens (primary N) is 1. The minimum absolute atomic E-state index is 0.212. The molecule has 9 heteroatoms. The van der Waals surface area contributed by atoms with Crippen molar-refractivity contribution in [2.75, 3.05) is 31.5 Å². The molecule has 2 aromatic carbocycles. The second-order valence-electron chi connectivity index (χ2n) is 6.49. The van der Waals surface area contributed by atoms with Crippen LogP contribution in [0.25, 0.3) is 0 Å². The Labute approximate surface area is 165 Å². The van der Waals surface area contributed by atoms with Gasteiger partial charge in [0.25, 0.3) is 0 Å². The molecule has 0 aromatic heterocycles. The highest BCUT2D eigenvalue weighted by atomic mass is 32.2. The van der Waals surface area contributed by atoms with Gasteiger partial charge >= 0.3 is 12.2 Å². The first-order valence-electron chi connectivity index (χ1n) is 8.77. The van der Waals surface area contributed by atoms with Crippen LogP contribution in [-0.4, -0.2) is 42.0 Å². The molecule has 0 radical (unpaired) electrons. The lowest BCUT2D eigenvalue weighted by Crippen LogP contribution is -2.49. The molecule has 1 heterocycles. The molecular weight excluding hydrogens is 389 g/mol. The molecule has 3 N–H and O–H groups in total. The number of piperazine rings is 1. The van der Waals surface area contributed by atoms with Crippen molar-refractivity contribution in [2.24, 2.45) is 5.14 Å². The number of rotatable bonds is 4. The van der Waals surface area contributed by atoms with Crippen molar-refractivity contribution in [1.29, 1.82) is 0 Å². The number of benzene rings is 2. The number of carbonyl (C=O) groups excluding carboxylic acids is 1. The minimum atomic E-state index is -4.36. The zero-order valence-corrected chi connectivity index (χ0v) is 15.9. The lowest BCUT2D eigenvalue weighted by atomic mass is 10.1. The Hall–Kier alpha value is -2.23. The van der Waals surface area contributed by atoms with Crippen molar-refractivity contribution in [3.8, 4) is 0 Å². The molecule has 0 aliphatic carbocycles. The number of hydrogen-bond acceptors (Lipinski definition) is 4. The molecule has 150 valence electrons. The molecule has 0 saturated carbocycles. The standard InChI is InChI=1S/C19H21F3N4OS/c20-19(21,22)17-4-2-1-3-14(17)13-25-9-11-26(12-10-25)18(27)24-15-5-7-16(28-23)8-6-15/h1-8H,9-13,23H2,(H,24,27). The molecule has 1 aliphatic rings. The Kier molecular flexibility index (Phi) is 6.48. The molecule has 2 amide bonds. The smallest absolute Gasteiger partial charge is 0.322 e. The van der Waals surface area contributed by atoms with E-state index in [2.05, 4.69) is 5.32 Å². The van der Waals surface area contributed by atoms with Crippen LogP contribution in [0.3, 0.4) is 0 Å². The van der Waals surface area contributed by atoms with E-state index in [1.165, 1.54) is 12.1 Å². The summed E-state index contributed by atoms with van der Waals surface area (Å²) < 4.78 is 39.4. The molecule has 0 spiro atoms. The summed E-state index contributed by atoms with van der Waals surface area (Å²) >= 11 is 1.13. The van der Waals surface area contributed by atoms with Gasteiger partial charge in [0.05, 0.1) is 5.56 Å². The van der Waals surface area contributed by atoms with E-state index in [-0.39, 0.29) is 18.1 Å². The van der Waals surface area contributed by atoms with Crippen LogP contribution in [0, 0.1) is 0 Å². The van der Waals surface area contributed by atoms with Crippen molar-refractivity contribution >= 4 is 23.7 Å². The normalized spacial score (nSPS) is 15.5. The van der Waals surface area contributed by atoms with Crippen LogP contribution in [0.2, 0.25) is 0 Å². The highest BCUT2D eigenvalue weighted by molar-refractivity contribution is 7.97. The molecule has 5 nitrogen and oxygen atoms in total. The average Bonchev–Trinajstić information content (AvgIpc) is 2.69. The first-order chi connectivity index (χ1) is 13.4. The van der Waals surface area contributed by atoms with Gasteiger partial charge in [0.2, 0.25) is 0 Å². The molecule has 1 saturated heterocycles. The van der Waals surface area contributed by atoms with Gasteiger partial charge in [-0.15, -0.1) is 0 Å². The Morgan fingerprint density at radius 1 is 1.04 bits per heavy atom. The first-order valence-corrected chi connectivity index (χ1v) is 9.65. The number of amides is 2. The Morgan fingerprint density at radius 3 is 2.29 bits per heavy atom. The van der Waals surface area contributed by atoms with Gasteiger partial charge in [0, 0.05) is 43.3 Å². The van der Waals surface area contributed by atoms with E-state index < -0.39 is 11.7 Å². The van der Waals surface area contributed by atoms with Gasteiger partial charge in [-0.1, -0.05) is 18.2 Å². The summed E-state index contributed by atoms with van der Waals surface area (Å²) in [6.07, 6.45) is -4.36. The largest absolute Gasteiger partial charge is 0.416 e. The molecule has 0 unspecified atom stereocenters. The SMILES string of the molecule is NSc1ccc(NC(=O)N2CCN(Cc3ccccc3C(F)(F)F)CC2)cc1. The highest BCUT2D eigenvalue weighted by Crippen LogP contribution is 2.32. The lowest BCUT2D eigenvalue weighted by molar-refractivity contribution is -0.138. The number of anilines is 1. The van der Waals surface area contributed by atoms with Gasteiger partial charge in [0.15, 0.2) is 0 Å².